The molecule has 1 fully saturated rings. The topological polar surface area (TPSA) is 49.6 Å². The van der Waals surface area contributed by atoms with E-state index < -0.39 is 0 Å². The van der Waals surface area contributed by atoms with Gasteiger partial charge in [-0.1, -0.05) is 13.3 Å². The van der Waals surface area contributed by atoms with Crippen LogP contribution in [0.2, 0.25) is 0 Å². The summed E-state index contributed by atoms with van der Waals surface area (Å²) in [5.41, 5.74) is 5.63. The summed E-state index contributed by atoms with van der Waals surface area (Å²) in [7, 11) is 1.90. The molecule has 0 saturated carbocycles. The monoisotopic (exact) mass is 241 g/mol. The van der Waals surface area contributed by atoms with Gasteiger partial charge >= 0.3 is 0 Å². The summed E-state index contributed by atoms with van der Waals surface area (Å²) in [6.07, 6.45) is 4.21. The van der Waals surface area contributed by atoms with E-state index in [2.05, 4.69) is 11.8 Å². The fraction of sp³-hybridized carbons (Fsp3) is 0.923. The molecule has 0 bridgehead atoms. The Balaban J connectivity index is 2.21. The maximum absolute atomic E-state index is 11.9. The van der Waals surface area contributed by atoms with Crippen molar-refractivity contribution in [2.45, 2.75) is 32.6 Å². The van der Waals surface area contributed by atoms with Crippen LogP contribution in [0.15, 0.2) is 0 Å². The molecule has 0 aromatic rings. The van der Waals surface area contributed by atoms with E-state index in [4.69, 9.17) is 5.73 Å². The lowest BCUT2D eigenvalue weighted by Crippen LogP contribution is -2.36. The van der Waals surface area contributed by atoms with Gasteiger partial charge in [0.25, 0.3) is 0 Å². The van der Waals surface area contributed by atoms with Crippen LogP contribution >= 0.6 is 0 Å². The largest absolute Gasteiger partial charge is 0.344 e. The van der Waals surface area contributed by atoms with E-state index in [-0.39, 0.29) is 5.91 Å². The van der Waals surface area contributed by atoms with Gasteiger partial charge < -0.3 is 15.5 Å². The van der Waals surface area contributed by atoms with Gasteiger partial charge in [-0.05, 0) is 38.4 Å². The number of likely N-dealkylation sites (tertiary alicyclic amines) is 1. The van der Waals surface area contributed by atoms with Crippen molar-refractivity contribution in [1.82, 2.24) is 9.80 Å². The Morgan fingerprint density at radius 3 is 2.59 bits per heavy atom. The number of amides is 1. The SMILES string of the molecule is CCC(CN)CC(=O)N(C)CCN1CCCC1. The maximum atomic E-state index is 11.9. The number of nitrogens with two attached hydrogens (primary N) is 1. The average molecular weight is 241 g/mol. The highest BCUT2D eigenvalue weighted by atomic mass is 16.2. The van der Waals surface area contributed by atoms with E-state index in [9.17, 15) is 4.79 Å². The molecule has 1 saturated heterocycles. The molecule has 1 atom stereocenters. The van der Waals surface area contributed by atoms with E-state index in [0.29, 0.717) is 18.9 Å². The van der Waals surface area contributed by atoms with Gasteiger partial charge in [0.2, 0.25) is 5.91 Å². The van der Waals surface area contributed by atoms with Crippen molar-refractivity contribution < 1.29 is 4.79 Å². The van der Waals surface area contributed by atoms with Crippen molar-refractivity contribution in [2.75, 3.05) is 39.8 Å². The van der Waals surface area contributed by atoms with Crippen LogP contribution in [0.5, 0.6) is 0 Å². The number of hydrogen-bond donors (Lipinski definition) is 1. The number of rotatable bonds is 7. The normalized spacial score (nSPS) is 18.3. The van der Waals surface area contributed by atoms with Crippen LogP contribution in [0.4, 0.5) is 0 Å². The molecule has 1 unspecified atom stereocenters. The van der Waals surface area contributed by atoms with Crippen molar-refractivity contribution in [3.8, 4) is 0 Å². The molecule has 1 aliphatic heterocycles. The molecule has 1 rings (SSSR count). The Morgan fingerprint density at radius 1 is 1.41 bits per heavy atom. The first-order chi connectivity index (χ1) is 8.17. The highest BCUT2D eigenvalue weighted by Crippen LogP contribution is 2.09. The highest BCUT2D eigenvalue weighted by Gasteiger charge is 2.16. The van der Waals surface area contributed by atoms with Gasteiger partial charge in [0.15, 0.2) is 0 Å². The van der Waals surface area contributed by atoms with Gasteiger partial charge in [0.1, 0.15) is 0 Å². The molecule has 0 spiro atoms. The summed E-state index contributed by atoms with van der Waals surface area (Å²) < 4.78 is 0. The third-order valence-electron chi connectivity index (χ3n) is 3.75. The first kappa shape index (κ1) is 14.5. The fourth-order valence-corrected chi connectivity index (χ4v) is 2.22. The second-order valence-electron chi connectivity index (χ2n) is 5.08. The molecule has 2 N–H and O–H groups in total. The Hall–Kier alpha value is -0.610. The number of carbonyl (C=O) groups is 1. The van der Waals surface area contributed by atoms with Gasteiger partial charge in [-0.25, -0.2) is 0 Å². The summed E-state index contributed by atoms with van der Waals surface area (Å²) in [5.74, 6) is 0.582. The van der Waals surface area contributed by atoms with Crippen LogP contribution in [0.3, 0.4) is 0 Å². The quantitative estimate of drug-likeness (QED) is 0.721. The molecule has 4 nitrogen and oxygen atoms in total. The lowest BCUT2D eigenvalue weighted by atomic mass is 10.0. The molecule has 4 heteroatoms. The first-order valence-corrected chi connectivity index (χ1v) is 6.83. The predicted octanol–water partition coefficient (Wildman–Crippen LogP) is 0.916. The minimum atomic E-state index is 0.237. The molecule has 1 heterocycles. The Morgan fingerprint density at radius 2 is 2.06 bits per heavy atom. The predicted molar refractivity (Wildman–Crippen MR) is 70.8 cm³/mol. The molecule has 0 aromatic heterocycles. The standard InChI is InChI=1S/C13H27N3O/c1-3-12(11-14)10-13(17)15(2)8-9-16-6-4-5-7-16/h12H,3-11,14H2,1-2H3. The molecule has 1 aliphatic rings. The Labute approximate surface area is 105 Å². The summed E-state index contributed by atoms with van der Waals surface area (Å²) in [4.78, 5) is 16.2. The molecule has 100 valence electrons. The third kappa shape index (κ3) is 5.04. The van der Waals surface area contributed by atoms with Crippen LogP contribution in [0.1, 0.15) is 32.6 Å². The van der Waals surface area contributed by atoms with Crippen molar-refractivity contribution >= 4 is 5.91 Å². The summed E-state index contributed by atoms with van der Waals surface area (Å²) in [6, 6.07) is 0. The number of carbonyl (C=O) groups excluding carboxylic acids is 1. The Kier molecular flexibility index (Phi) is 6.52. The minimum absolute atomic E-state index is 0.237. The maximum Gasteiger partial charge on any atom is 0.222 e. The van der Waals surface area contributed by atoms with Crippen LogP contribution in [0.25, 0.3) is 0 Å². The second-order valence-corrected chi connectivity index (χ2v) is 5.08. The molecule has 0 aliphatic carbocycles. The molecule has 1 amide bonds. The zero-order valence-corrected chi connectivity index (χ0v) is 11.3. The number of hydrogen-bond acceptors (Lipinski definition) is 3. The van der Waals surface area contributed by atoms with Crippen LogP contribution < -0.4 is 5.73 Å². The molecular formula is C13H27N3O. The van der Waals surface area contributed by atoms with Crippen molar-refractivity contribution in [3.05, 3.63) is 0 Å². The second kappa shape index (κ2) is 7.67. The summed E-state index contributed by atoms with van der Waals surface area (Å²) in [6.45, 7) is 6.96. The van der Waals surface area contributed by atoms with Crippen LogP contribution in [-0.2, 0) is 4.79 Å². The highest BCUT2D eigenvalue weighted by molar-refractivity contribution is 5.76. The lowest BCUT2D eigenvalue weighted by molar-refractivity contribution is -0.131. The fourth-order valence-electron chi connectivity index (χ4n) is 2.22. The summed E-state index contributed by atoms with van der Waals surface area (Å²) in [5, 5.41) is 0. The van der Waals surface area contributed by atoms with E-state index in [0.717, 1.165) is 19.5 Å². The van der Waals surface area contributed by atoms with Crippen molar-refractivity contribution in [3.63, 3.8) is 0 Å². The molecule has 17 heavy (non-hydrogen) atoms. The van der Waals surface area contributed by atoms with Crippen molar-refractivity contribution in [1.29, 1.82) is 0 Å². The van der Waals surface area contributed by atoms with Gasteiger partial charge in [-0.15, -0.1) is 0 Å². The third-order valence-corrected chi connectivity index (χ3v) is 3.75. The number of nitrogens with zero attached hydrogens (tertiary/aromatic N) is 2. The zero-order chi connectivity index (χ0) is 12.7. The lowest BCUT2D eigenvalue weighted by Gasteiger charge is -2.23. The van der Waals surface area contributed by atoms with Crippen molar-refractivity contribution in [2.24, 2.45) is 11.7 Å². The van der Waals surface area contributed by atoms with Gasteiger partial charge in [-0.2, -0.15) is 0 Å². The first-order valence-electron chi connectivity index (χ1n) is 6.83. The van der Waals surface area contributed by atoms with E-state index in [1.54, 1.807) is 0 Å². The van der Waals surface area contributed by atoms with Gasteiger partial charge in [0.05, 0.1) is 0 Å². The van der Waals surface area contributed by atoms with Gasteiger partial charge in [-0.3, -0.25) is 4.79 Å². The number of likely N-dealkylation sites (N-methyl/N-ethyl adjacent to an activating group) is 1. The molecule has 0 radical (unpaired) electrons. The Bertz CT molecular complexity index is 223. The van der Waals surface area contributed by atoms with Gasteiger partial charge in [0, 0.05) is 26.6 Å². The molecular weight excluding hydrogens is 214 g/mol. The van der Waals surface area contributed by atoms with E-state index >= 15 is 0 Å². The average Bonchev–Trinajstić information content (AvgIpc) is 2.85. The molecule has 0 aromatic carbocycles. The smallest absolute Gasteiger partial charge is 0.222 e. The van der Waals surface area contributed by atoms with Crippen LogP contribution in [-0.4, -0.2) is 55.5 Å². The summed E-state index contributed by atoms with van der Waals surface area (Å²) >= 11 is 0. The minimum Gasteiger partial charge on any atom is -0.344 e. The zero-order valence-electron chi connectivity index (χ0n) is 11.3. The van der Waals surface area contributed by atoms with E-state index in [1.807, 2.05) is 11.9 Å². The van der Waals surface area contributed by atoms with E-state index in [1.165, 1.54) is 25.9 Å². The van der Waals surface area contributed by atoms with Crippen LogP contribution in [0, 0.1) is 5.92 Å².